The van der Waals surface area contributed by atoms with E-state index in [-0.39, 0.29) is 49.4 Å². The van der Waals surface area contributed by atoms with Gasteiger partial charge in [0.15, 0.2) is 0 Å². The second kappa shape index (κ2) is 35.0. The minimum absolute atomic E-state index is 0.131. The van der Waals surface area contributed by atoms with E-state index in [1.807, 2.05) is 61.5 Å². The normalized spacial score (nSPS) is 26.8. The summed E-state index contributed by atoms with van der Waals surface area (Å²) in [5.41, 5.74) is 0. The molecule has 1 fully saturated rings. The van der Waals surface area contributed by atoms with Gasteiger partial charge < -0.3 is 60.7 Å². The molecule has 0 bridgehead atoms. The van der Waals surface area contributed by atoms with Gasteiger partial charge in [-0.2, -0.15) is 0 Å². The lowest BCUT2D eigenvalue weighted by Gasteiger charge is -2.41. The van der Waals surface area contributed by atoms with Gasteiger partial charge in [-0.3, -0.25) is 52.7 Å². The Morgan fingerprint density at radius 3 is 1.23 bits per heavy atom. The van der Waals surface area contributed by atoms with Crippen LogP contribution >= 0.6 is 0 Å². The summed E-state index contributed by atoms with van der Waals surface area (Å²) in [6.07, 6.45) is 3.00. The van der Waals surface area contributed by atoms with Gasteiger partial charge in [0.2, 0.25) is 65.0 Å². The third kappa shape index (κ3) is 21.6. The molecule has 0 aliphatic carbocycles. The first kappa shape index (κ1) is 77.9. The molecule has 0 aromatic carbocycles. The molecule has 11 amide bonds. The van der Waals surface area contributed by atoms with Gasteiger partial charge in [-0.1, -0.05) is 116 Å². The summed E-state index contributed by atoms with van der Waals surface area (Å²) in [4.78, 5) is 169. The Balaban J connectivity index is 4.37. The molecule has 492 valence electrons. The fourth-order valence-corrected chi connectivity index (χ4v) is 10.8. The summed E-state index contributed by atoms with van der Waals surface area (Å²) in [5, 5.41) is 23.2. The number of nitrogens with one attached hydrogen (secondary N) is 4. The van der Waals surface area contributed by atoms with Gasteiger partial charge in [0.1, 0.15) is 60.4 Å². The first-order valence-corrected chi connectivity index (χ1v) is 30.9. The van der Waals surface area contributed by atoms with Crippen LogP contribution in [0.5, 0.6) is 0 Å². The van der Waals surface area contributed by atoms with Crippen molar-refractivity contribution in [2.24, 2.45) is 47.3 Å². The number of aliphatic hydroxyl groups is 1. The van der Waals surface area contributed by atoms with Crippen LogP contribution in [0.15, 0.2) is 12.2 Å². The molecule has 0 saturated carbocycles. The first-order chi connectivity index (χ1) is 39.6. The Morgan fingerprint density at radius 2 is 0.791 bits per heavy atom. The SMILES string of the molecule is C/C=C/C[C@@H](C)[C@@H](O)[C@@H]1C(=O)N[C@H](C(C)C)C(=O)N(C)CC(=O)N(C)[C@@H](CC(C)C)C(=O)N[C@H](C(C)C)C(=O)N(C)[C@@H](CC(C)C)C(=O)N[C@H](C)C(=O)N[C@@H](C)C(=O)N(C)[C@H](CC(C)C)C(=O)N(C)[C@@H](CC(C)C)C(=O)N(C)[C@@H](C(C)C)C(=O)N1C. The van der Waals surface area contributed by atoms with Gasteiger partial charge in [-0.15, -0.1) is 0 Å². The number of hydrogen-bond acceptors (Lipinski definition) is 12. The second-order valence-corrected chi connectivity index (χ2v) is 26.9. The van der Waals surface area contributed by atoms with E-state index in [0.29, 0.717) is 6.42 Å². The van der Waals surface area contributed by atoms with Crippen molar-refractivity contribution in [2.45, 2.75) is 223 Å². The highest BCUT2D eigenvalue weighted by Crippen LogP contribution is 2.26. The number of aliphatic hydroxyl groups excluding tert-OH is 1. The number of allylic oxidation sites excluding steroid dienone is 2. The monoisotopic (exact) mass is 1220 g/mol. The van der Waals surface area contributed by atoms with Gasteiger partial charge in [0.05, 0.1) is 12.6 Å². The summed E-state index contributed by atoms with van der Waals surface area (Å²) in [5.74, 6) is -10.3. The van der Waals surface area contributed by atoms with Crippen LogP contribution in [0.2, 0.25) is 0 Å². The van der Waals surface area contributed by atoms with Crippen molar-refractivity contribution in [3.05, 3.63) is 12.2 Å². The summed E-state index contributed by atoms with van der Waals surface area (Å²) in [6.45, 7) is 31.1. The fraction of sp³-hybridized carbons (Fsp3) is 0.794. The summed E-state index contributed by atoms with van der Waals surface area (Å²) >= 11 is 0. The number of carbonyl (C=O) groups is 11. The van der Waals surface area contributed by atoms with Crippen LogP contribution in [0.4, 0.5) is 0 Å². The molecule has 23 nitrogen and oxygen atoms in total. The molecule has 0 spiro atoms. The fourth-order valence-electron chi connectivity index (χ4n) is 10.8. The van der Waals surface area contributed by atoms with E-state index in [9.17, 15) is 48.3 Å². The Bertz CT molecular complexity index is 2360. The van der Waals surface area contributed by atoms with Crippen molar-refractivity contribution < 1.29 is 57.8 Å². The Hall–Kier alpha value is -6.13. The smallest absolute Gasteiger partial charge is 0.246 e. The van der Waals surface area contributed by atoms with Crippen molar-refractivity contribution in [1.82, 2.24) is 55.6 Å². The van der Waals surface area contributed by atoms with E-state index in [2.05, 4.69) is 21.3 Å². The van der Waals surface area contributed by atoms with Crippen LogP contribution in [0, 0.1) is 47.3 Å². The first-order valence-electron chi connectivity index (χ1n) is 30.9. The maximum Gasteiger partial charge on any atom is 0.246 e. The number of rotatable bonds is 15. The molecule has 0 aromatic heterocycles. The molecule has 1 heterocycles. The van der Waals surface area contributed by atoms with Gasteiger partial charge >= 0.3 is 0 Å². The third-order valence-corrected chi connectivity index (χ3v) is 16.3. The highest BCUT2D eigenvalue weighted by atomic mass is 16.3. The highest BCUT2D eigenvalue weighted by Gasteiger charge is 2.46. The molecular weight excluding hydrogens is 1100 g/mol. The van der Waals surface area contributed by atoms with Gasteiger partial charge in [0.25, 0.3) is 0 Å². The zero-order valence-electron chi connectivity index (χ0n) is 56.9. The maximum atomic E-state index is 15.2. The molecule has 0 aromatic rings. The van der Waals surface area contributed by atoms with E-state index in [0.717, 1.165) is 9.80 Å². The predicted octanol–water partition coefficient (Wildman–Crippen LogP) is 3.52. The quantitative estimate of drug-likeness (QED) is 0.147. The number of likely N-dealkylation sites (N-methyl/N-ethyl adjacent to an activating group) is 7. The summed E-state index contributed by atoms with van der Waals surface area (Å²) < 4.78 is 0. The number of amides is 11. The molecule has 0 radical (unpaired) electrons. The summed E-state index contributed by atoms with van der Waals surface area (Å²) in [6, 6.07) is -12.4. The molecule has 0 unspecified atom stereocenters. The molecule has 86 heavy (non-hydrogen) atoms. The standard InChI is InChI=1S/C63H113N11O12/c1-26-27-28-41(16)53(76)52-57(80)67-49(38(10)11)61(84)68(19)33-48(75)69(20)44(29-34(2)3)56(79)66-50(39(12)13)62(85)70(21)45(30-35(4)5)55(78)64-42(17)54(77)65-43(18)58(81)71(22)46(31-36(6)7)59(82)72(23)47(32-37(8)9)60(83)73(24)51(40(14)15)63(86)74(52)25/h26-27,34-47,49-53,76H,28-33H2,1-25H3,(H,64,78)(H,65,77)(H,66,79)(H,67,80)/b27-26+/t41-,42-,43+,44+,45+,46-,47+,49-,50-,51+,52-,53-/m1/s1. The molecule has 23 heteroatoms. The van der Waals surface area contributed by atoms with E-state index in [4.69, 9.17) is 0 Å². The lowest BCUT2D eigenvalue weighted by Crippen LogP contribution is -2.64. The topological polar surface area (TPSA) is 279 Å². The van der Waals surface area contributed by atoms with Crippen LogP contribution in [-0.4, -0.2) is 227 Å². The average molecular weight is 1220 g/mol. The lowest BCUT2D eigenvalue weighted by atomic mass is 9.91. The Labute approximate surface area is 515 Å². The zero-order valence-corrected chi connectivity index (χ0v) is 56.9. The van der Waals surface area contributed by atoms with Crippen molar-refractivity contribution >= 4 is 65.0 Å². The van der Waals surface area contributed by atoms with Gasteiger partial charge in [-0.25, -0.2) is 0 Å². The van der Waals surface area contributed by atoms with Gasteiger partial charge in [0, 0.05) is 49.3 Å². The minimum Gasteiger partial charge on any atom is -0.390 e. The van der Waals surface area contributed by atoms with Crippen LogP contribution in [0.25, 0.3) is 0 Å². The van der Waals surface area contributed by atoms with Crippen LogP contribution < -0.4 is 21.3 Å². The second-order valence-electron chi connectivity index (χ2n) is 26.9. The molecular formula is C63H113N11O12. The molecule has 1 aliphatic rings. The number of carbonyl (C=O) groups excluding carboxylic acids is 11. The van der Waals surface area contributed by atoms with E-state index >= 15 is 9.59 Å². The summed E-state index contributed by atoms with van der Waals surface area (Å²) in [7, 11) is 9.93. The molecule has 1 aliphatic heterocycles. The number of nitrogens with zero attached hydrogens (tertiary/aromatic N) is 7. The maximum absolute atomic E-state index is 15.2. The number of hydrogen-bond donors (Lipinski definition) is 5. The highest BCUT2D eigenvalue weighted by molar-refractivity contribution is 5.99. The minimum atomic E-state index is -1.62. The van der Waals surface area contributed by atoms with E-state index in [1.54, 1.807) is 61.5 Å². The molecule has 1 saturated heterocycles. The van der Waals surface area contributed by atoms with Crippen LogP contribution in [-0.2, 0) is 52.7 Å². The largest absolute Gasteiger partial charge is 0.390 e. The lowest BCUT2D eigenvalue weighted by molar-refractivity contribution is -0.157. The van der Waals surface area contributed by atoms with E-state index < -0.39 is 162 Å². The van der Waals surface area contributed by atoms with Crippen molar-refractivity contribution in [3.63, 3.8) is 0 Å². The van der Waals surface area contributed by atoms with E-state index in [1.165, 1.54) is 87.7 Å². The molecule has 5 N–H and O–H groups in total. The molecule has 1 rings (SSSR count). The van der Waals surface area contributed by atoms with Gasteiger partial charge in [-0.05, 0) is 100 Å². The van der Waals surface area contributed by atoms with Crippen molar-refractivity contribution in [2.75, 3.05) is 55.9 Å². The van der Waals surface area contributed by atoms with Crippen molar-refractivity contribution in [1.29, 1.82) is 0 Å². The zero-order chi connectivity index (χ0) is 66.8. The Morgan fingerprint density at radius 1 is 0.419 bits per heavy atom. The third-order valence-electron chi connectivity index (χ3n) is 16.3. The van der Waals surface area contributed by atoms with Crippen LogP contribution in [0.3, 0.4) is 0 Å². The average Bonchev–Trinajstić information content (AvgIpc) is 2.16. The van der Waals surface area contributed by atoms with Crippen molar-refractivity contribution in [3.8, 4) is 0 Å². The predicted molar refractivity (Wildman–Crippen MR) is 333 cm³/mol. The Kier molecular flexibility index (Phi) is 31.7. The van der Waals surface area contributed by atoms with Crippen LogP contribution in [0.1, 0.15) is 157 Å². The molecule has 12 atom stereocenters.